The van der Waals surface area contributed by atoms with Crippen molar-refractivity contribution >= 4 is 33.6 Å². The normalized spacial score (nSPS) is 20.3. The molecule has 1 heterocycles. The molecule has 0 spiro atoms. The topological polar surface area (TPSA) is 122 Å². The van der Waals surface area contributed by atoms with E-state index in [2.05, 4.69) is 10.0 Å². The first-order valence-electron chi connectivity index (χ1n) is 13.5. The molecule has 0 radical (unpaired) electrons. The molecule has 1 aliphatic heterocycles. The average Bonchev–Trinajstić information content (AvgIpc) is 3.35. The number of hydrogen-bond donors (Lipinski definition) is 2. The molecule has 4 rings (SSSR count). The highest BCUT2D eigenvalue weighted by molar-refractivity contribution is 7.90. The second kappa shape index (κ2) is 11.8. The SMILES string of the molecule is CC(C)(C)OC(=O)N1CC[C@@H](C2CCCCC2)[C@H]1C(=O)Nc1ccc(C(=O)NS(=O)(=O)c2ccccc2)cc1. The Hall–Kier alpha value is -3.40. The third-order valence-corrected chi connectivity index (χ3v) is 8.64. The summed E-state index contributed by atoms with van der Waals surface area (Å²) in [5.74, 6) is -0.649. The number of benzene rings is 2. The highest BCUT2D eigenvalue weighted by Gasteiger charge is 2.46. The van der Waals surface area contributed by atoms with Gasteiger partial charge < -0.3 is 10.1 Å². The van der Waals surface area contributed by atoms with Gasteiger partial charge in [0.25, 0.3) is 15.9 Å². The molecule has 2 N–H and O–H groups in total. The number of ether oxygens (including phenoxy) is 1. The van der Waals surface area contributed by atoms with Crippen molar-refractivity contribution in [3.05, 3.63) is 60.2 Å². The standard InChI is InChI=1S/C29H37N3O6S/c1-29(2,3)38-28(35)32-19-18-24(20-10-6-4-7-11-20)25(32)27(34)30-22-16-14-21(15-17-22)26(33)31-39(36,37)23-12-8-5-9-13-23/h5,8-9,12-17,20,24-25H,4,6-7,10-11,18-19H2,1-3H3,(H,30,34)(H,31,33)/t24-,25-/m0/s1. The van der Waals surface area contributed by atoms with Gasteiger partial charge in [0.2, 0.25) is 5.91 Å². The van der Waals surface area contributed by atoms with Crippen LogP contribution in [-0.2, 0) is 19.6 Å². The van der Waals surface area contributed by atoms with Crippen LogP contribution in [-0.4, -0.2) is 49.4 Å². The lowest BCUT2D eigenvalue weighted by Gasteiger charge is -2.34. The zero-order valence-corrected chi connectivity index (χ0v) is 23.5. The summed E-state index contributed by atoms with van der Waals surface area (Å²) in [4.78, 5) is 40.7. The molecule has 9 nitrogen and oxygen atoms in total. The Morgan fingerprint density at radius 1 is 0.897 bits per heavy atom. The Morgan fingerprint density at radius 3 is 2.15 bits per heavy atom. The summed E-state index contributed by atoms with van der Waals surface area (Å²) in [6.45, 7) is 5.87. The molecule has 2 aromatic rings. The van der Waals surface area contributed by atoms with Gasteiger partial charge in [-0.3, -0.25) is 14.5 Å². The zero-order valence-electron chi connectivity index (χ0n) is 22.7. The third kappa shape index (κ3) is 7.17. The molecule has 0 aromatic heterocycles. The van der Waals surface area contributed by atoms with E-state index >= 15 is 0 Å². The minimum atomic E-state index is -4.01. The minimum absolute atomic E-state index is 0.0131. The Labute approximate surface area is 230 Å². The van der Waals surface area contributed by atoms with Gasteiger partial charge in [0.05, 0.1) is 4.90 Å². The van der Waals surface area contributed by atoms with E-state index in [0.29, 0.717) is 18.2 Å². The summed E-state index contributed by atoms with van der Waals surface area (Å²) in [5, 5.41) is 2.90. The van der Waals surface area contributed by atoms with Crippen LogP contribution >= 0.6 is 0 Å². The fourth-order valence-corrected chi connectivity index (χ4v) is 6.49. The van der Waals surface area contributed by atoms with Crippen LogP contribution in [0.3, 0.4) is 0 Å². The number of nitrogens with zero attached hydrogens (tertiary/aromatic N) is 1. The van der Waals surface area contributed by atoms with Crippen LogP contribution in [0.15, 0.2) is 59.5 Å². The maximum atomic E-state index is 13.6. The molecule has 2 fully saturated rings. The summed E-state index contributed by atoms with van der Waals surface area (Å²) >= 11 is 0. The van der Waals surface area contributed by atoms with Gasteiger partial charge in [-0.1, -0.05) is 50.3 Å². The van der Waals surface area contributed by atoms with Crippen LogP contribution in [0.25, 0.3) is 0 Å². The quantitative estimate of drug-likeness (QED) is 0.520. The largest absolute Gasteiger partial charge is 0.444 e. The van der Waals surface area contributed by atoms with Gasteiger partial charge in [-0.15, -0.1) is 0 Å². The first-order valence-corrected chi connectivity index (χ1v) is 15.0. The van der Waals surface area contributed by atoms with E-state index in [1.807, 2.05) is 0 Å². The molecule has 1 saturated carbocycles. The summed E-state index contributed by atoms with van der Waals surface area (Å²) in [7, 11) is -4.01. The molecular formula is C29H37N3O6S. The van der Waals surface area contributed by atoms with Crippen molar-refractivity contribution in [2.45, 2.75) is 75.8 Å². The average molecular weight is 556 g/mol. The summed E-state index contributed by atoms with van der Waals surface area (Å²) in [5.41, 5.74) is -0.101. The molecule has 2 aromatic carbocycles. The molecule has 0 bridgehead atoms. The van der Waals surface area contributed by atoms with Gasteiger partial charge in [-0.05, 0) is 75.4 Å². The van der Waals surface area contributed by atoms with E-state index in [0.717, 1.165) is 32.1 Å². The van der Waals surface area contributed by atoms with Crippen molar-refractivity contribution < 1.29 is 27.5 Å². The van der Waals surface area contributed by atoms with Gasteiger partial charge in [-0.2, -0.15) is 0 Å². The number of carbonyl (C=O) groups is 3. The van der Waals surface area contributed by atoms with Crippen molar-refractivity contribution in [2.75, 3.05) is 11.9 Å². The maximum absolute atomic E-state index is 13.6. The highest BCUT2D eigenvalue weighted by Crippen LogP contribution is 2.39. The fourth-order valence-electron chi connectivity index (χ4n) is 5.49. The molecule has 3 amide bonds. The molecule has 0 unspecified atom stereocenters. The number of rotatable bonds is 6. The molecule has 210 valence electrons. The van der Waals surface area contributed by atoms with Gasteiger partial charge in [-0.25, -0.2) is 17.9 Å². The molecule has 2 aliphatic rings. The van der Waals surface area contributed by atoms with E-state index in [-0.39, 0.29) is 22.3 Å². The molecule has 39 heavy (non-hydrogen) atoms. The Morgan fingerprint density at radius 2 is 1.54 bits per heavy atom. The maximum Gasteiger partial charge on any atom is 0.410 e. The van der Waals surface area contributed by atoms with Crippen LogP contribution in [0.4, 0.5) is 10.5 Å². The van der Waals surface area contributed by atoms with E-state index in [9.17, 15) is 22.8 Å². The number of carbonyl (C=O) groups excluding carboxylic acids is 3. The summed E-state index contributed by atoms with van der Waals surface area (Å²) < 4.78 is 32.6. The van der Waals surface area contributed by atoms with Gasteiger partial charge in [0.15, 0.2) is 0 Å². The number of hydrogen-bond acceptors (Lipinski definition) is 6. The van der Waals surface area contributed by atoms with E-state index in [1.165, 1.54) is 30.7 Å². The van der Waals surface area contributed by atoms with Crippen molar-refractivity contribution in [3.63, 3.8) is 0 Å². The minimum Gasteiger partial charge on any atom is -0.444 e. The summed E-state index contributed by atoms with van der Waals surface area (Å²) in [6, 6.07) is 13.0. The molecular weight excluding hydrogens is 518 g/mol. The second-order valence-electron chi connectivity index (χ2n) is 11.3. The molecule has 1 saturated heterocycles. The molecule has 1 aliphatic carbocycles. The number of anilines is 1. The first-order chi connectivity index (χ1) is 18.4. The third-order valence-electron chi connectivity index (χ3n) is 7.29. The van der Waals surface area contributed by atoms with Crippen LogP contribution in [0.5, 0.6) is 0 Å². The van der Waals surface area contributed by atoms with E-state index in [1.54, 1.807) is 56.0 Å². The lowest BCUT2D eigenvalue weighted by atomic mass is 9.76. The lowest BCUT2D eigenvalue weighted by Crippen LogP contribution is -2.49. The van der Waals surface area contributed by atoms with Crippen LogP contribution < -0.4 is 10.0 Å². The van der Waals surface area contributed by atoms with Crippen LogP contribution in [0.1, 0.15) is 69.7 Å². The van der Waals surface area contributed by atoms with E-state index < -0.39 is 33.7 Å². The van der Waals surface area contributed by atoms with Crippen LogP contribution in [0.2, 0.25) is 0 Å². The van der Waals surface area contributed by atoms with Crippen LogP contribution in [0, 0.1) is 11.8 Å². The lowest BCUT2D eigenvalue weighted by molar-refractivity contribution is -0.122. The molecule has 2 atom stereocenters. The Bertz CT molecular complexity index is 1280. The zero-order chi connectivity index (χ0) is 28.2. The Balaban J connectivity index is 1.47. The monoisotopic (exact) mass is 555 g/mol. The van der Waals surface area contributed by atoms with Crippen molar-refractivity contribution in [1.82, 2.24) is 9.62 Å². The first kappa shape index (κ1) is 28.6. The predicted octanol–water partition coefficient (Wildman–Crippen LogP) is 4.95. The fraction of sp³-hybridized carbons (Fsp3) is 0.483. The van der Waals surface area contributed by atoms with Crippen molar-refractivity contribution in [2.24, 2.45) is 11.8 Å². The second-order valence-corrected chi connectivity index (χ2v) is 13.0. The number of sulfonamides is 1. The van der Waals surface area contributed by atoms with Gasteiger partial charge in [0, 0.05) is 17.8 Å². The highest BCUT2D eigenvalue weighted by atomic mass is 32.2. The summed E-state index contributed by atoms with van der Waals surface area (Å²) in [6.07, 6.45) is 5.81. The predicted molar refractivity (Wildman–Crippen MR) is 148 cm³/mol. The van der Waals surface area contributed by atoms with Crippen molar-refractivity contribution in [1.29, 1.82) is 0 Å². The molecule has 10 heteroatoms. The van der Waals surface area contributed by atoms with E-state index in [4.69, 9.17) is 4.74 Å². The van der Waals surface area contributed by atoms with Gasteiger partial charge in [0.1, 0.15) is 11.6 Å². The Kier molecular flexibility index (Phi) is 8.64. The smallest absolute Gasteiger partial charge is 0.410 e. The number of amides is 3. The van der Waals surface area contributed by atoms with Crippen molar-refractivity contribution in [3.8, 4) is 0 Å². The number of nitrogens with one attached hydrogen (secondary N) is 2. The van der Waals surface area contributed by atoms with Gasteiger partial charge >= 0.3 is 6.09 Å². The number of likely N-dealkylation sites (tertiary alicyclic amines) is 1.